The van der Waals surface area contributed by atoms with Crippen molar-refractivity contribution in [2.24, 2.45) is 17.8 Å². The van der Waals surface area contributed by atoms with Crippen molar-refractivity contribution in [1.82, 2.24) is 10.2 Å². The van der Waals surface area contributed by atoms with E-state index >= 15 is 0 Å². The normalized spacial score (nSPS) is 33.9. The highest BCUT2D eigenvalue weighted by Crippen LogP contribution is 2.65. The molecule has 5 rings (SSSR count). The van der Waals surface area contributed by atoms with Crippen LogP contribution in [-0.2, 0) is 4.79 Å². The molecule has 1 saturated heterocycles. The first-order valence-corrected chi connectivity index (χ1v) is 10.9. The number of ketones is 1. The number of Topliss-reactive ketones (excluding diaryl/α,β-unsaturated/α-hetero) is 1. The predicted molar refractivity (Wildman–Crippen MR) is 106 cm³/mol. The van der Waals surface area contributed by atoms with Gasteiger partial charge in [-0.1, -0.05) is 18.1 Å². The molecule has 0 unspecified atom stereocenters. The number of benzene rings is 1. The Morgan fingerprint density at radius 2 is 2.11 bits per heavy atom. The molecule has 2 heterocycles. The number of fused-ring (bicyclic) bond motifs is 3. The van der Waals surface area contributed by atoms with Crippen molar-refractivity contribution >= 4 is 11.7 Å². The average molecular weight is 383 g/mol. The zero-order valence-corrected chi connectivity index (χ0v) is 16.7. The quantitative estimate of drug-likeness (QED) is 0.870. The highest BCUT2D eigenvalue weighted by atomic mass is 16.5. The molecule has 1 N–H and O–H groups in total. The molecule has 5 nitrogen and oxygen atoms in total. The van der Waals surface area contributed by atoms with Crippen LogP contribution in [-0.4, -0.2) is 48.4 Å². The topological polar surface area (TPSA) is 58.6 Å². The molecule has 1 aromatic rings. The zero-order valence-electron chi connectivity index (χ0n) is 16.7. The van der Waals surface area contributed by atoms with Gasteiger partial charge in [0.2, 0.25) is 5.91 Å². The maximum absolute atomic E-state index is 12.8. The number of hydrogen-bond acceptors (Lipinski definition) is 4. The monoisotopic (exact) mass is 382 g/mol. The van der Waals surface area contributed by atoms with Crippen molar-refractivity contribution in [3.8, 4) is 5.75 Å². The highest BCUT2D eigenvalue weighted by molar-refractivity contribution is 6.01. The minimum absolute atomic E-state index is 0.0231. The van der Waals surface area contributed by atoms with Gasteiger partial charge < -0.3 is 15.0 Å². The number of likely N-dealkylation sites (tertiary alicyclic amines) is 1. The summed E-state index contributed by atoms with van der Waals surface area (Å²) in [5.41, 5.74) is 1.32. The van der Waals surface area contributed by atoms with Gasteiger partial charge in [-0.25, -0.2) is 0 Å². The Bertz CT molecular complexity index is 801. The Labute approximate surface area is 166 Å². The minimum Gasteiger partial charge on any atom is -0.486 e. The van der Waals surface area contributed by atoms with Crippen LogP contribution in [0.15, 0.2) is 18.2 Å². The first-order valence-electron chi connectivity index (χ1n) is 10.9. The fourth-order valence-electron chi connectivity index (χ4n) is 5.92. The summed E-state index contributed by atoms with van der Waals surface area (Å²) in [6.07, 6.45) is 6.17. The van der Waals surface area contributed by atoms with Gasteiger partial charge in [-0.05, 0) is 63.7 Å². The lowest BCUT2D eigenvalue weighted by atomic mass is 9.84. The van der Waals surface area contributed by atoms with Gasteiger partial charge in [0.25, 0.3) is 0 Å². The lowest BCUT2D eigenvalue weighted by molar-refractivity contribution is -0.124. The van der Waals surface area contributed by atoms with Crippen molar-refractivity contribution in [2.45, 2.75) is 51.0 Å². The van der Waals surface area contributed by atoms with Gasteiger partial charge in [0.15, 0.2) is 5.78 Å². The Balaban J connectivity index is 1.22. The van der Waals surface area contributed by atoms with Gasteiger partial charge in [-0.3, -0.25) is 9.59 Å². The molecule has 1 spiro atoms. The number of hydrogen-bond donors (Lipinski definition) is 1. The summed E-state index contributed by atoms with van der Waals surface area (Å²) >= 11 is 0. The second-order valence-electron chi connectivity index (χ2n) is 9.21. The number of amides is 1. The fraction of sp³-hybridized carbons (Fsp3) is 0.652. The van der Waals surface area contributed by atoms with E-state index < -0.39 is 5.60 Å². The number of carbonyl (C=O) groups is 2. The molecule has 2 aliphatic carbocycles. The molecule has 2 aliphatic heterocycles. The smallest absolute Gasteiger partial charge is 0.223 e. The van der Waals surface area contributed by atoms with Gasteiger partial charge in [-0.15, -0.1) is 0 Å². The van der Waals surface area contributed by atoms with Crippen LogP contribution in [0.25, 0.3) is 0 Å². The Morgan fingerprint density at radius 1 is 1.29 bits per heavy atom. The second-order valence-corrected chi connectivity index (χ2v) is 9.21. The number of nitrogens with zero attached hydrogens (tertiary/aromatic N) is 1. The van der Waals surface area contributed by atoms with Gasteiger partial charge in [0.05, 0.1) is 12.0 Å². The van der Waals surface area contributed by atoms with E-state index in [9.17, 15) is 9.59 Å². The summed E-state index contributed by atoms with van der Waals surface area (Å²) in [5.74, 6) is 1.64. The van der Waals surface area contributed by atoms with E-state index in [1.165, 1.54) is 19.3 Å². The standard InChI is InChI=1S/C23H30N2O3/c1-15-5-6-19-17(13-15)18(26)14-23(28-19)8-7-16-20(21(16)23)22(27)24-9-12-25-10-3-2-4-11-25/h5-6,13,16,20-21H,2-4,7-12,14H2,1H3,(H,24,27)/t16-,20+,21-,23+/m1/s1. The van der Waals surface area contributed by atoms with E-state index in [-0.39, 0.29) is 23.5 Å². The Kier molecular flexibility index (Phi) is 4.46. The van der Waals surface area contributed by atoms with Crippen molar-refractivity contribution in [3.63, 3.8) is 0 Å². The molecule has 3 fully saturated rings. The molecule has 1 amide bonds. The summed E-state index contributed by atoms with van der Waals surface area (Å²) in [7, 11) is 0. The summed E-state index contributed by atoms with van der Waals surface area (Å²) in [4.78, 5) is 28.0. The van der Waals surface area contributed by atoms with Crippen LogP contribution >= 0.6 is 0 Å². The molecule has 1 aromatic carbocycles. The lowest BCUT2D eigenvalue weighted by Crippen LogP contribution is -2.45. The number of piperidine rings is 1. The number of carbonyl (C=O) groups excluding carboxylic acids is 2. The van der Waals surface area contributed by atoms with Crippen LogP contribution in [0.1, 0.15) is 54.4 Å². The maximum Gasteiger partial charge on any atom is 0.223 e. The third kappa shape index (κ3) is 3.04. The van der Waals surface area contributed by atoms with Crippen molar-refractivity contribution < 1.29 is 14.3 Å². The van der Waals surface area contributed by atoms with E-state index in [1.807, 2.05) is 25.1 Å². The summed E-state index contributed by atoms with van der Waals surface area (Å²) in [6, 6.07) is 5.84. The van der Waals surface area contributed by atoms with Crippen LogP contribution in [0.3, 0.4) is 0 Å². The fourth-order valence-corrected chi connectivity index (χ4v) is 5.92. The number of ether oxygens (including phenoxy) is 1. The first kappa shape index (κ1) is 18.2. The molecular formula is C23H30N2O3. The molecule has 0 radical (unpaired) electrons. The van der Waals surface area contributed by atoms with E-state index in [0.717, 1.165) is 44.6 Å². The van der Waals surface area contributed by atoms with Crippen molar-refractivity contribution in [1.29, 1.82) is 0 Å². The van der Waals surface area contributed by atoms with E-state index in [1.54, 1.807) is 0 Å². The second kappa shape index (κ2) is 6.87. The molecule has 5 heteroatoms. The third-order valence-corrected chi connectivity index (χ3v) is 7.36. The molecule has 4 atom stereocenters. The molecule has 4 aliphatic rings. The van der Waals surface area contributed by atoms with Crippen molar-refractivity contribution in [3.05, 3.63) is 29.3 Å². The molecular weight excluding hydrogens is 352 g/mol. The number of rotatable bonds is 4. The van der Waals surface area contributed by atoms with Crippen LogP contribution in [0.5, 0.6) is 5.75 Å². The first-order chi connectivity index (χ1) is 13.6. The molecule has 150 valence electrons. The van der Waals surface area contributed by atoms with Crippen LogP contribution in [0.4, 0.5) is 0 Å². The SMILES string of the molecule is Cc1ccc2c(c1)C(=O)C[C@]1(CC[C@@H]3[C@H](C(=O)NCCN4CCCCC4)[C@@H]31)O2. The number of aryl methyl sites for hydroxylation is 1. The van der Waals surface area contributed by atoms with Crippen molar-refractivity contribution in [2.75, 3.05) is 26.2 Å². The third-order valence-electron chi connectivity index (χ3n) is 7.36. The Hall–Kier alpha value is -1.88. The lowest BCUT2D eigenvalue weighted by Gasteiger charge is -2.37. The van der Waals surface area contributed by atoms with Crippen LogP contribution in [0.2, 0.25) is 0 Å². The van der Waals surface area contributed by atoms with Gasteiger partial charge in [0, 0.05) is 24.9 Å². The zero-order chi connectivity index (χ0) is 19.3. The number of nitrogens with one attached hydrogen (secondary N) is 1. The van der Waals surface area contributed by atoms with Gasteiger partial charge in [0.1, 0.15) is 11.4 Å². The maximum atomic E-state index is 12.8. The summed E-state index contributed by atoms with van der Waals surface area (Å²) < 4.78 is 6.43. The minimum atomic E-state index is -0.459. The van der Waals surface area contributed by atoms with E-state index in [2.05, 4.69) is 10.2 Å². The average Bonchev–Trinajstić information content (AvgIpc) is 3.34. The molecule has 28 heavy (non-hydrogen) atoms. The summed E-state index contributed by atoms with van der Waals surface area (Å²) in [6.45, 7) is 5.98. The van der Waals surface area contributed by atoms with Crippen LogP contribution < -0.4 is 10.1 Å². The molecule has 2 saturated carbocycles. The largest absolute Gasteiger partial charge is 0.486 e. The Morgan fingerprint density at radius 3 is 2.93 bits per heavy atom. The van der Waals surface area contributed by atoms with Crippen LogP contribution in [0, 0.1) is 24.7 Å². The molecule has 0 bridgehead atoms. The van der Waals surface area contributed by atoms with E-state index in [4.69, 9.17) is 4.74 Å². The van der Waals surface area contributed by atoms with E-state index in [0.29, 0.717) is 23.7 Å². The van der Waals surface area contributed by atoms with Gasteiger partial charge in [-0.2, -0.15) is 0 Å². The summed E-state index contributed by atoms with van der Waals surface area (Å²) in [5, 5.41) is 3.16. The highest BCUT2D eigenvalue weighted by Gasteiger charge is 2.70. The van der Waals surface area contributed by atoms with Gasteiger partial charge >= 0.3 is 0 Å². The predicted octanol–water partition coefficient (Wildman–Crippen LogP) is 2.96. The molecule has 0 aromatic heterocycles.